The average molecular weight is 276 g/mol. The molecule has 0 amide bonds. The molecule has 4 heteroatoms. The van der Waals surface area contributed by atoms with E-state index in [-0.39, 0.29) is 0 Å². The number of aromatic nitrogens is 2. The number of fused-ring (bicyclic) bond motifs is 1. The van der Waals surface area contributed by atoms with Crippen LogP contribution in [0.3, 0.4) is 0 Å². The van der Waals surface area contributed by atoms with Gasteiger partial charge in [-0.05, 0) is 31.5 Å². The van der Waals surface area contributed by atoms with Crippen LogP contribution in [0, 0.1) is 13.8 Å². The fourth-order valence-electron chi connectivity index (χ4n) is 2.64. The van der Waals surface area contributed by atoms with Crippen LogP contribution in [0.25, 0.3) is 0 Å². The normalized spacial score (nSPS) is 15.5. The maximum absolute atomic E-state index is 5.91. The minimum atomic E-state index is 0.796. The van der Waals surface area contributed by atoms with Crippen molar-refractivity contribution in [1.29, 1.82) is 0 Å². The number of aryl methyl sites for hydroxylation is 1. The van der Waals surface area contributed by atoms with E-state index in [4.69, 9.17) is 11.6 Å². The summed E-state index contributed by atoms with van der Waals surface area (Å²) in [7, 11) is 0. The third-order valence-corrected chi connectivity index (χ3v) is 4.11. The van der Waals surface area contributed by atoms with Gasteiger partial charge in [0.05, 0.1) is 12.2 Å². The third kappa shape index (κ3) is 2.53. The summed E-state index contributed by atoms with van der Waals surface area (Å²) in [5, 5.41) is 0.796. The smallest absolute Gasteiger partial charge is 0.123 e. The molecule has 19 heavy (non-hydrogen) atoms. The number of nitrogens with zero attached hydrogens (tertiary/aromatic N) is 3. The Labute approximate surface area is 118 Å². The summed E-state index contributed by atoms with van der Waals surface area (Å²) in [6.07, 6.45) is 0. The number of hydrogen-bond acceptors (Lipinski definition) is 2. The third-order valence-electron chi connectivity index (χ3n) is 3.86. The topological polar surface area (TPSA) is 21.1 Å². The van der Waals surface area contributed by atoms with Crippen LogP contribution in [-0.2, 0) is 19.6 Å². The Balaban J connectivity index is 1.73. The molecule has 3 rings (SSSR count). The quantitative estimate of drug-likeness (QED) is 0.839. The lowest BCUT2D eigenvalue weighted by molar-refractivity contribution is 0.208. The van der Waals surface area contributed by atoms with E-state index in [2.05, 4.69) is 40.4 Å². The van der Waals surface area contributed by atoms with Crippen LogP contribution in [0.1, 0.15) is 22.8 Å². The standard InChI is InChI=1S/C15H18ClN3/c1-11-12(2)19-8-7-18(10-15(19)17-11)9-13-3-5-14(16)6-4-13/h3-6H,7-10H2,1-2H3. The van der Waals surface area contributed by atoms with E-state index >= 15 is 0 Å². The van der Waals surface area contributed by atoms with Crippen molar-refractivity contribution < 1.29 is 0 Å². The highest BCUT2D eigenvalue weighted by atomic mass is 35.5. The van der Waals surface area contributed by atoms with E-state index in [1.807, 2.05) is 12.1 Å². The van der Waals surface area contributed by atoms with Gasteiger partial charge in [-0.25, -0.2) is 4.98 Å². The lowest BCUT2D eigenvalue weighted by Crippen LogP contribution is -2.33. The molecule has 0 spiro atoms. The summed E-state index contributed by atoms with van der Waals surface area (Å²) >= 11 is 5.91. The highest BCUT2D eigenvalue weighted by Crippen LogP contribution is 2.19. The molecule has 0 atom stereocenters. The van der Waals surface area contributed by atoms with Crippen molar-refractivity contribution in [3.05, 3.63) is 52.1 Å². The number of benzene rings is 1. The van der Waals surface area contributed by atoms with Crippen molar-refractivity contribution in [1.82, 2.24) is 14.5 Å². The Morgan fingerprint density at radius 2 is 1.89 bits per heavy atom. The second-order valence-electron chi connectivity index (χ2n) is 5.19. The molecule has 0 unspecified atom stereocenters. The molecule has 1 aromatic carbocycles. The van der Waals surface area contributed by atoms with Gasteiger partial charge in [-0.1, -0.05) is 23.7 Å². The van der Waals surface area contributed by atoms with E-state index < -0.39 is 0 Å². The van der Waals surface area contributed by atoms with Crippen molar-refractivity contribution in [2.75, 3.05) is 6.54 Å². The average Bonchev–Trinajstić information content (AvgIpc) is 2.68. The summed E-state index contributed by atoms with van der Waals surface area (Å²) in [5.74, 6) is 1.19. The summed E-state index contributed by atoms with van der Waals surface area (Å²) in [6.45, 7) is 8.24. The van der Waals surface area contributed by atoms with Gasteiger partial charge in [-0.15, -0.1) is 0 Å². The molecule has 1 aliphatic rings. The molecule has 0 bridgehead atoms. The van der Waals surface area contributed by atoms with Crippen molar-refractivity contribution in [3.8, 4) is 0 Å². The molecule has 3 nitrogen and oxygen atoms in total. The minimum Gasteiger partial charge on any atom is -0.330 e. The molecular weight excluding hydrogens is 258 g/mol. The lowest BCUT2D eigenvalue weighted by Gasteiger charge is -2.28. The van der Waals surface area contributed by atoms with E-state index in [9.17, 15) is 0 Å². The summed E-state index contributed by atoms with van der Waals surface area (Å²) in [6, 6.07) is 8.10. The first-order valence-corrected chi connectivity index (χ1v) is 7.00. The number of halogens is 1. The monoisotopic (exact) mass is 275 g/mol. The molecule has 0 aliphatic carbocycles. The van der Waals surface area contributed by atoms with Crippen LogP contribution < -0.4 is 0 Å². The van der Waals surface area contributed by atoms with Crippen molar-refractivity contribution in [2.24, 2.45) is 0 Å². The Hall–Kier alpha value is -1.32. The zero-order valence-electron chi connectivity index (χ0n) is 11.4. The largest absolute Gasteiger partial charge is 0.330 e. The SMILES string of the molecule is Cc1nc2n(c1C)CCN(Cc1ccc(Cl)cc1)C2. The van der Waals surface area contributed by atoms with Gasteiger partial charge in [0.25, 0.3) is 0 Å². The zero-order chi connectivity index (χ0) is 13.4. The van der Waals surface area contributed by atoms with Crippen molar-refractivity contribution >= 4 is 11.6 Å². The highest BCUT2D eigenvalue weighted by molar-refractivity contribution is 6.30. The second-order valence-corrected chi connectivity index (χ2v) is 5.62. The van der Waals surface area contributed by atoms with Crippen molar-refractivity contribution in [3.63, 3.8) is 0 Å². The van der Waals surface area contributed by atoms with Crippen LogP contribution in [0.15, 0.2) is 24.3 Å². The second kappa shape index (κ2) is 4.99. The van der Waals surface area contributed by atoms with Gasteiger partial charge in [-0.3, -0.25) is 4.90 Å². The van der Waals surface area contributed by atoms with Crippen LogP contribution in [0.4, 0.5) is 0 Å². The number of imidazole rings is 1. The Morgan fingerprint density at radius 3 is 2.63 bits per heavy atom. The van der Waals surface area contributed by atoms with Gasteiger partial charge in [0.15, 0.2) is 0 Å². The molecule has 0 saturated heterocycles. The van der Waals surface area contributed by atoms with Crippen molar-refractivity contribution in [2.45, 2.75) is 33.5 Å². The summed E-state index contributed by atoms with van der Waals surface area (Å²) in [4.78, 5) is 7.09. The van der Waals surface area contributed by atoms with E-state index in [1.54, 1.807) is 0 Å². The summed E-state index contributed by atoms with van der Waals surface area (Å²) < 4.78 is 2.34. The number of rotatable bonds is 2. The molecule has 1 aliphatic heterocycles. The fraction of sp³-hybridized carbons (Fsp3) is 0.400. The predicted molar refractivity (Wildman–Crippen MR) is 77.3 cm³/mol. The maximum atomic E-state index is 5.91. The first kappa shape index (κ1) is 12.7. The Morgan fingerprint density at radius 1 is 1.16 bits per heavy atom. The summed E-state index contributed by atoms with van der Waals surface area (Å²) in [5.41, 5.74) is 3.77. The molecule has 2 heterocycles. The fourth-order valence-corrected chi connectivity index (χ4v) is 2.77. The van der Waals surface area contributed by atoms with Gasteiger partial charge in [0, 0.05) is 30.4 Å². The van der Waals surface area contributed by atoms with Gasteiger partial charge in [0.2, 0.25) is 0 Å². The molecule has 0 fully saturated rings. The highest BCUT2D eigenvalue weighted by Gasteiger charge is 2.20. The number of hydrogen-bond donors (Lipinski definition) is 0. The van der Waals surface area contributed by atoms with Gasteiger partial charge < -0.3 is 4.57 Å². The van der Waals surface area contributed by atoms with Crippen LogP contribution in [0.2, 0.25) is 5.02 Å². The molecular formula is C15H18ClN3. The molecule has 1 aromatic heterocycles. The van der Waals surface area contributed by atoms with E-state index in [0.29, 0.717) is 0 Å². The van der Waals surface area contributed by atoms with E-state index in [1.165, 1.54) is 17.1 Å². The first-order chi connectivity index (χ1) is 9.13. The molecule has 100 valence electrons. The molecule has 2 aromatic rings. The van der Waals surface area contributed by atoms with Crippen LogP contribution in [-0.4, -0.2) is 21.0 Å². The van der Waals surface area contributed by atoms with E-state index in [0.717, 1.165) is 36.9 Å². The predicted octanol–water partition coefficient (Wildman–Crippen LogP) is 3.17. The van der Waals surface area contributed by atoms with Gasteiger partial charge >= 0.3 is 0 Å². The Kier molecular flexibility index (Phi) is 3.33. The first-order valence-electron chi connectivity index (χ1n) is 6.63. The van der Waals surface area contributed by atoms with Crippen LogP contribution in [0.5, 0.6) is 0 Å². The zero-order valence-corrected chi connectivity index (χ0v) is 12.1. The molecule has 0 saturated carbocycles. The Bertz CT molecular complexity index is 586. The van der Waals surface area contributed by atoms with Crippen LogP contribution >= 0.6 is 11.6 Å². The maximum Gasteiger partial charge on any atom is 0.123 e. The van der Waals surface area contributed by atoms with Gasteiger partial charge in [-0.2, -0.15) is 0 Å². The lowest BCUT2D eigenvalue weighted by atomic mass is 10.2. The molecule has 0 N–H and O–H groups in total. The minimum absolute atomic E-state index is 0.796. The molecule has 0 radical (unpaired) electrons. The van der Waals surface area contributed by atoms with Gasteiger partial charge in [0.1, 0.15) is 5.82 Å².